The standard InChI is InChI=1S/C18H23NO7/c1-25-11-5-7-15(26-2)12(10-11)14(20)6-8-16(21)19-9-3-4-13(19)17(22)18(23)24/h5,7,10,13,17,22H,3-4,6,8-9H2,1-2H3,(H,23,24). The topological polar surface area (TPSA) is 113 Å². The Morgan fingerprint density at radius 1 is 1.23 bits per heavy atom. The van der Waals surface area contributed by atoms with E-state index in [2.05, 4.69) is 0 Å². The molecule has 8 heteroatoms. The summed E-state index contributed by atoms with van der Waals surface area (Å²) < 4.78 is 10.3. The van der Waals surface area contributed by atoms with Crippen molar-refractivity contribution in [2.75, 3.05) is 20.8 Å². The molecule has 1 aromatic carbocycles. The summed E-state index contributed by atoms with van der Waals surface area (Å²) in [5, 5.41) is 18.7. The van der Waals surface area contributed by atoms with Crippen LogP contribution in [0.4, 0.5) is 0 Å². The normalized spacial score (nSPS) is 17.7. The number of hydrogen-bond donors (Lipinski definition) is 2. The Labute approximate surface area is 151 Å². The summed E-state index contributed by atoms with van der Waals surface area (Å²) in [7, 11) is 2.94. The van der Waals surface area contributed by atoms with Crippen LogP contribution in [-0.4, -0.2) is 65.7 Å². The largest absolute Gasteiger partial charge is 0.497 e. The zero-order valence-corrected chi connectivity index (χ0v) is 14.8. The number of carboxylic acids is 1. The molecule has 0 aromatic heterocycles. The van der Waals surface area contributed by atoms with E-state index in [0.717, 1.165) is 0 Å². The number of methoxy groups -OCH3 is 2. The van der Waals surface area contributed by atoms with Gasteiger partial charge in [-0.15, -0.1) is 0 Å². The number of nitrogens with zero attached hydrogens (tertiary/aromatic N) is 1. The Morgan fingerprint density at radius 2 is 1.96 bits per heavy atom. The van der Waals surface area contributed by atoms with Crippen molar-refractivity contribution in [3.05, 3.63) is 23.8 Å². The minimum atomic E-state index is -1.62. The number of ketones is 1. The van der Waals surface area contributed by atoms with Crippen LogP contribution in [0.25, 0.3) is 0 Å². The minimum Gasteiger partial charge on any atom is -0.497 e. The maximum absolute atomic E-state index is 12.5. The van der Waals surface area contributed by atoms with Crippen molar-refractivity contribution in [3.63, 3.8) is 0 Å². The van der Waals surface area contributed by atoms with Crippen molar-refractivity contribution in [2.45, 2.75) is 37.8 Å². The van der Waals surface area contributed by atoms with Crippen LogP contribution in [0.3, 0.4) is 0 Å². The number of carboxylic acid groups (broad SMARTS) is 1. The van der Waals surface area contributed by atoms with Gasteiger partial charge in [0.1, 0.15) is 11.5 Å². The van der Waals surface area contributed by atoms with Gasteiger partial charge in [-0.25, -0.2) is 4.79 Å². The fraction of sp³-hybridized carbons (Fsp3) is 0.500. The molecule has 2 N–H and O–H groups in total. The highest BCUT2D eigenvalue weighted by Crippen LogP contribution is 2.26. The predicted octanol–water partition coefficient (Wildman–Crippen LogP) is 1.10. The monoisotopic (exact) mass is 365 g/mol. The number of aliphatic carboxylic acids is 1. The van der Waals surface area contributed by atoms with E-state index < -0.39 is 18.1 Å². The third kappa shape index (κ3) is 4.32. The summed E-state index contributed by atoms with van der Waals surface area (Å²) in [5.41, 5.74) is 0.322. The van der Waals surface area contributed by atoms with E-state index in [0.29, 0.717) is 36.4 Å². The zero-order valence-electron chi connectivity index (χ0n) is 14.8. The van der Waals surface area contributed by atoms with Gasteiger partial charge in [-0.1, -0.05) is 0 Å². The summed E-state index contributed by atoms with van der Waals surface area (Å²) in [6.07, 6.45) is -0.679. The van der Waals surface area contributed by atoms with Gasteiger partial charge in [0, 0.05) is 19.4 Å². The Bertz CT molecular complexity index is 688. The van der Waals surface area contributed by atoms with Crippen LogP contribution < -0.4 is 9.47 Å². The smallest absolute Gasteiger partial charge is 0.334 e. The zero-order chi connectivity index (χ0) is 19.3. The second-order valence-corrected chi connectivity index (χ2v) is 6.07. The number of amides is 1. The lowest BCUT2D eigenvalue weighted by Gasteiger charge is -2.26. The molecule has 1 aromatic rings. The van der Waals surface area contributed by atoms with E-state index in [9.17, 15) is 19.5 Å². The van der Waals surface area contributed by atoms with Crippen LogP contribution >= 0.6 is 0 Å². The molecule has 0 aliphatic carbocycles. The second-order valence-electron chi connectivity index (χ2n) is 6.07. The quantitative estimate of drug-likeness (QED) is 0.663. The van der Waals surface area contributed by atoms with E-state index in [-0.39, 0.29) is 24.5 Å². The van der Waals surface area contributed by atoms with Gasteiger partial charge in [-0.2, -0.15) is 0 Å². The lowest BCUT2D eigenvalue weighted by Crippen LogP contribution is -2.46. The molecule has 142 valence electrons. The number of aliphatic hydroxyl groups excluding tert-OH is 1. The number of hydrogen-bond acceptors (Lipinski definition) is 6. The molecule has 1 amide bonds. The highest BCUT2D eigenvalue weighted by atomic mass is 16.5. The van der Waals surface area contributed by atoms with Crippen LogP contribution in [0.5, 0.6) is 11.5 Å². The number of rotatable bonds is 8. The lowest BCUT2D eigenvalue weighted by atomic mass is 10.0. The first-order valence-corrected chi connectivity index (χ1v) is 8.34. The second kappa shape index (κ2) is 8.66. The minimum absolute atomic E-state index is 0.0469. The van der Waals surface area contributed by atoms with Crippen molar-refractivity contribution < 1.29 is 34.1 Å². The molecule has 2 rings (SSSR count). The van der Waals surface area contributed by atoms with Gasteiger partial charge >= 0.3 is 5.97 Å². The maximum Gasteiger partial charge on any atom is 0.334 e. The van der Waals surface area contributed by atoms with Gasteiger partial charge in [0.15, 0.2) is 11.9 Å². The average molecular weight is 365 g/mol. The molecule has 2 atom stereocenters. The number of benzene rings is 1. The first kappa shape index (κ1) is 19.7. The van der Waals surface area contributed by atoms with E-state index in [1.54, 1.807) is 18.2 Å². The van der Waals surface area contributed by atoms with E-state index in [1.807, 2.05) is 0 Å². The lowest BCUT2D eigenvalue weighted by molar-refractivity contribution is -0.151. The molecule has 2 unspecified atom stereocenters. The molecule has 1 aliphatic heterocycles. The van der Waals surface area contributed by atoms with Crippen molar-refractivity contribution >= 4 is 17.7 Å². The molecule has 1 aliphatic rings. The molecule has 0 saturated carbocycles. The number of ether oxygens (including phenoxy) is 2. The third-order valence-electron chi connectivity index (χ3n) is 4.51. The first-order chi connectivity index (χ1) is 12.4. The number of aliphatic hydroxyl groups is 1. The highest BCUT2D eigenvalue weighted by Gasteiger charge is 2.37. The van der Waals surface area contributed by atoms with Crippen LogP contribution in [0.15, 0.2) is 18.2 Å². The average Bonchev–Trinajstić information content (AvgIpc) is 3.14. The molecular formula is C18H23NO7. The Morgan fingerprint density at radius 3 is 2.58 bits per heavy atom. The molecule has 1 heterocycles. The number of carbonyl (C=O) groups is 3. The van der Waals surface area contributed by atoms with Crippen molar-refractivity contribution in [3.8, 4) is 11.5 Å². The fourth-order valence-electron chi connectivity index (χ4n) is 3.13. The third-order valence-corrected chi connectivity index (χ3v) is 4.51. The van der Waals surface area contributed by atoms with Gasteiger partial charge in [0.05, 0.1) is 25.8 Å². The molecule has 8 nitrogen and oxygen atoms in total. The Kier molecular flexibility index (Phi) is 6.57. The van der Waals surface area contributed by atoms with Gasteiger partial charge in [0.25, 0.3) is 0 Å². The van der Waals surface area contributed by atoms with Crippen LogP contribution in [0, 0.1) is 0 Å². The summed E-state index contributed by atoms with van der Waals surface area (Å²) in [6, 6.07) is 4.09. The summed E-state index contributed by atoms with van der Waals surface area (Å²) in [5.74, 6) is -1.08. The van der Waals surface area contributed by atoms with Crippen molar-refractivity contribution in [2.24, 2.45) is 0 Å². The molecule has 1 saturated heterocycles. The molecular weight excluding hydrogens is 342 g/mol. The van der Waals surface area contributed by atoms with Crippen molar-refractivity contribution in [1.29, 1.82) is 0 Å². The van der Waals surface area contributed by atoms with Crippen molar-refractivity contribution in [1.82, 2.24) is 4.90 Å². The van der Waals surface area contributed by atoms with Gasteiger partial charge in [-0.05, 0) is 31.0 Å². The van der Waals surface area contributed by atoms with E-state index >= 15 is 0 Å². The van der Waals surface area contributed by atoms with Gasteiger partial charge in [0.2, 0.25) is 5.91 Å². The molecule has 0 spiro atoms. The van der Waals surface area contributed by atoms with E-state index in [4.69, 9.17) is 14.6 Å². The Balaban J connectivity index is 2.03. The maximum atomic E-state index is 12.5. The molecule has 1 fully saturated rings. The summed E-state index contributed by atoms with van der Waals surface area (Å²) in [4.78, 5) is 37.2. The fourth-order valence-corrected chi connectivity index (χ4v) is 3.13. The number of likely N-dealkylation sites (tertiary alicyclic amines) is 1. The predicted molar refractivity (Wildman–Crippen MR) is 91.5 cm³/mol. The molecule has 0 bridgehead atoms. The Hall–Kier alpha value is -2.61. The van der Waals surface area contributed by atoms with Gasteiger partial charge in [-0.3, -0.25) is 9.59 Å². The number of carbonyl (C=O) groups excluding carboxylic acids is 2. The SMILES string of the molecule is COc1ccc(OC)c(C(=O)CCC(=O)N2CCCC2C(O)C(=O)O)c1. The van der Waals surface area contributed by atoms with E-state index in [1.165, 1.54) is 19.1 Å². The molecule has 26 heavy (non-hydrogen) atoms. The summed E-state index contributed by atoms with van der Waals surface area (Å²) in [6.45, 7) is 0.379. The highest BCUT2D eigenvalue weighted by molar-refractivity contribution is 6.00. The van der Waals surface area contributed by atoms with Crippen LogP contribution in [0.2, 0.25) is 0 Å². The molecule has 0 radical (unpaired) electrons. The van der Waals surface area contributed by atoms with Crippen LogP contribution in [-0.2, 0) is 9.59 Å². The summed E-state index contributed by atoms with van der Waals surface area (Å²) >= 11 is 0. The van der Waals surface area contributed by atoms with Crippen LogP contribution in [0.1, 0.15) is 36.0 Å². The first-order valence-electron chi connectivity index (χ1n) is 8.34. The van der Waals surface area contributed by atoms with Gasteiger partial charge < -0.3 is 24.6 Å². The number of Topliss-reactive ketones (excluding diaryl/α,β-unsaturated/α-hetero) is 1.